The summed E-state index contributed by atoms with van der Waals surface area (Å²) in [5.41, 5.74) is 0. The molecule has 0 spiro atoms. The van der Waals surface area contributed by atoms with Crippen molar-refractivity contribution in [3.05, 3.63) is 37.5 Å². The molecule has 0 aromatic carbocycles. The predicted octanol–water partition coefficient (Wildman–Crippen LogP) is 12.9. The molecule has 0 unspecified atom stereocenters. The van der Waals surface area contributed by atoms with Crippen LogP contribution < -0.4 is 0 Å². The molecule has 0 aliphatic carbocycles. The second kappa shape index (κ2) is 38.4. The summed E-state index contributed by atoms with van der Waals surface area (Å²) in [7, 11) is 0. The Morgan fingerprint density at radius 1 is 0.415 bits per heavy atom. The Hall–Kier alpha value is -1.64. The third-order valence-electron chi connectivity index (χ3n) is 7.51. The molecule has 0 heterocycles. The maximum Gasteiger partial charge on any atom is 0.313 e. The highest BCUT2D eigenvalue weighted by Gasteiger charge is 2.09. The van der Waals surface area contributed by atoms with E-state index in [-0.39, 0.29) is 11.9 Å². The zero-order chi connectivity index (χ0) is 30.5. The highest BCUT2D eigenvalue weighted by Crippen LogP contribution is 2.12. The van der Waals surface area contributed by atoms with Crippen LogP contribution in [0.2, 0.25) is 0 Å². The number of allylic oxidation sites excluding steroid dienone is 4. The molecule has 240 valence electrons. The van der Waals surface area contributed by atoms with Gasteiger partial charge in [0.25, 0.3) is 0 Å². The van der Waals surface area contributed by atoms with Gasteiger partial charge in [-0.15, -0.1) is 13.2 Å². The molecule has 0 saturated heterocycles. The molecule has 0 aliphatic heterocycles. The van der Waals surface area contributed by atoms with Gasteiger partial charge in [0.15, 0.2) is 0 Å². The summed E-state index contributed by atoms with van der Waals surface area (Å²) in [5, 5.41) is 0. The first-order valence-corrected chi connectivity index (χ1v) is 17.7. The Bertz CT molecular complexity index is 542. The van der Waals surface area contributed by atoms with Crippen LogP contribution in [-0.2, 0) is 14.3 Å². The van der Waals surface area contributed by atoms with Gasteiger partial charge < -0.3 is 4.74 Å². The third kappa shape index (κ3) is 38.4. The minimum atomic E-state index is -0.342. The van der Waals surface area contributed by atoms with E-state index in [2.05, 4.69) is 51.3 Å². The Morgan fingerprint density at radius 2 is 0.659 bits per heavy atom. The highest BCUT2D eigenvalue weighted by atomic mass is 16.6. The number of hydrogen-bond acceptors (Lipinski definition) is 3. The quantitative estimate of drug-likeness (QED) is 0.0371. The number of rotatable bonds is 30. The molecule has 0 N–H and O–H groups in total. The second-order valence-corrected chi connectivity index (χ2v) is 11.5. The van der Waals surface area contributed by atoms with E-state index in [1.807, 2.05) is 0 Å². The summed E-state index contributed by atoms with van der Waals surface area (Å²) in [5.74, 6) is -0.684. The van der Waals surface area contributed by atoms with Gasteiger partial charge in [0.1, 0.15) is 0 Å². The van der Waals surface area contributed by atoms with Crippen LogP contribution in [0.4, 0.5) is 0 Å². The molecule has 0 rings (SSSR count). The smallest absolute Gasteiger partial charge is 0.313 e. The van der Waals surface area contributed by atoms with E-state index in [9.17, 15) is 9.59 Å². The fourth-order valence-electron chi connectivity index (χ4n) is 4.91. The van der Waals surface area contributed by atoms with Crippen LogP contribution in [0, 0.1) is 0 Å². The van der Waals surface area contributed by atoms with E-state index < -0.39 is 0 Å². The molecule has 0 saturated carbocycles. The molecule has 3 heteroatoms. The number of ether oxygens (including phenoxy) is 1. The number of hydrogen-bond donors (Lipinski definition) is 0. The summed E-state index contributed by atoms with van der Waals surface area (Å²) in [6.07, 6.45) is 42.2. The molecule has 0 amide bonds. The van der Waals surface area contributed by atoms with Gasteiger partial charge in [0, 0.05) is 12.8 Å². The Kier molecular flexibility index (Phi) is 38.8. The molecular weight excluding hydrogens is 504 g/mol. The number of carbonyl (C=O) groups excluding carboxylic acids is 2. The van der Waals surface area contributed by atoms with E-state index in [1.54, 1.807) is 0 Å². The topological polar surface area (TPSA) is 43.4 Å². The molecule has 0 atom stereocenters. The van der Waals surface area contributed by atoms with Gasteiger partial charge in [0.2, 0.25) is 0 Å². The summed E-state index contributed by atoms with van der Waals surface area (Å²) >= 11 is 0. The largest absolute Gasteiger partial charge is 0.393 e. The fraction of sp³-hybridized carbons (Fsp3) is 0.789. The van der Waals surface area contributed by atoms with Crippen molar-refractivity contribution in [1.82, 2.24) is 0 Å². The Labute approximate surface area is 257 Å². The lowest BCUT2D eigenvalue weighted by Crippen LogP contribution is -2.11. The lowest BCUT2D eigenvalue weighted by molar-refractivity contribution is -0.159. The van der Waals surface area contributed by atoms with E-state index in [1.165, 1.54) is 128 Å². The van der Waals surface area contributed by atoms with E-state index in [0.717, 1.165) is 38.5 Å². The van der Waals surface area contributed by atoms with Crippen molar-refractivity contribution in [2.24, 2.45) is 0 Å². The van der Waals surface area contributed by atoms with Crippen molar-refractivity contribution in [3.8, 4) is 0 Å². The van der Waals surface area contributed by atoms with Crippen LogP contribution >= 0.6 is 0 Å². The summed E-state index contributed by atoms with van der Waals surface area (Å²) < 4.78 is 4.99. The standard InChI is InChI=1S/C36H66O3.C2H4/c1-3-5-7-9-11-13-15-17-19-21-23-25-27-29-31-33-35(37)39-36(38)34-32-30-28-26-24-22-20-18-16-14-12-10-8-6-4-2;1-2/h17-20H,3-16,21-34H2,1-2H3;1-2H2. The molecule has 0 aliphatic rings. The normalized spacial score (nSPS) is 11.2. The van der Waals surface area contributed by atoms with Crippen molar-refractivity contribution < 1.29 is 14.3 Å². The van der Waals surface area contributed by atoms with Gasteiger partial charge in [-0.05, 0) is 64.2 Å². The van der Waals surface area contributed by atoms with Crippen LogP contribution in [0.1, 0.15) is 194 Å². The number of carbonyl (C=O) groups is 2. The van der Waals surface area contributed by atoms with Crippen LogP contribution in [0.5, 0.6) is 0 Å². The van der Waals surface area contributed by atoms with Gasteiger partial charge in [-0.2, -0.15) is 0 Å². The highest BCUT2D eigenvalue weighted by molar-refractivity contribution is 5.85. The lowest BCUT2D eigenvalue weighted by atomic mass is 10.1. The zero-order valence-electron chi connectivity index (χ0n) is 27.7. The molecule has 0 aromatic rings. The molecule has 3 nitrogen and oxygen atoms in total. The van der Waals surface area contributed by atoms with Crippen molar-refractivity contribution in [1.29, 1.82) is 0 Å². The summed E-state index contributed by atoms with van der Waals surface area (Å²) in [6, 6.07) is 0. The van der Waals surface area contributed by atoms with E-state index in [4.69, 9.17) is 4.74 Å². The predicted molar refractivity (Wildman–Crippen MR) is 181 cm³/mol. The van der Waals surface area contributed by atoms with Crippen LogP contribution in [0.3, 0.4) is 0 Å². The Morgan fingerprint density at radius 3 is 0.951 bits per heavy atom. The third-order valence-corrected chi connectivity index (χ3v) is 7.51. The average molecular weight is 575 g/mol. The molecule has 0 radical (unpaired) electrons. The maximum absolute atomic E-state index is 11.9. The molecule has 0 bridgehead atoms. The minimum Gasteiger partial charge on any atom is -0.393 e. The van der Waals surface area contributed by atoms with Crippen molar-refractivity contribution >= 4 is 11.9 Å². The fourth-order valence-corrected chi connectivity index (χ4v) is 4.91. The van der Waals surface area contributed by atoms with Gasteiger partial charge in [-0.25, -0.2) is 0 Å². The lowest BCUT2D eigenvalue weighted by Gasteiger charge is -2.04. The van der Waals surface area contributed by atoms with Gasteiger partial charge in [-0.3, -0.25) is 9.59 Å². The summed E-state index contributed by atoms with van der Waals surface area (Å²) in [4.78, 5) is 23.8. The van der Waals surface area contributed by atoms with Crippen molar-refractivity contribution in [2.75, 3.05) is 0 Å². The summed E-state index contributed by atoms with van der Waals surface area (Å²) in [6.45, 7) is 10.5. The molecular formula is C38H70O3. The SMILES string of the molecule is C=C.CCCCCCCCC=CCCCCCCCC(=O)OC(=O)CCCCCCCC=CCCCCCCCC. The first-order valence-electron chi connectivity index (χ1n) is 17.7. The number of esters is 2. The van der Waals surface area contributed by atoms with Gasteiger partial charge >= 0.3 is 11.9 Å². The van der Waals surface area contributed by atoms with Crippen LogP contribution in [-0.4, -0.2) is 11.9 Å². The zero-order valence-corrected chi connectivity index (χ0v) is 27.7. The van der Waals surface area contributed by atoms with E-state index >= 15 is 0 Å². The van der Waals surface area contributed by atoms with Gasteiger partial charge in [-0.1, -0.05) is 141 Å². The van der Waals surface area contributed by atoms with E-state index in [0.29, 0.717) is 12.8 Å². The molecule has 0 aromatic heterocycles. The first kappa shape index (κ1) is 41.5. The van der Waals surface area contributed by atoms with Crippen molar-refractivity contribution in [2.45, 2.75) is 194 Å². The Balaban J connectivity index is 0. The van der Waals surface area contributed by atoms with Crippen LogP contribution in [0.25, 0.3) is 0 Å². The maximum atomic E-state index is 11.9. The molecule has 41 heavy (non-hydrogen) atoms. The minimum absolute atomic E-state index is 0.342. The monoisotopic (exact) mass is 575 g/mol. The number of unbranched alkanes of at least 4 members (excludes halogenated alkanes) is 22. The average Bonchev–Trinajstić information content (AvgIpc) is 2.98. The molecule has 0 fully saturated rings. The van der Waals surface area contributed by atoms with Crippen molar-refractivity contribution in [3.63, 3.8) is 0 Å². The first-order chi connectivity index (χ1) is 20.2. The van der Waals surface area contributed by atoms with Gasteiger partial charge in [0.05, 0.1) is 0 Å². The van der Waals surface area contributed by atoms with Crippen LogP contribution in [0.15, 0.2) is 37.5 Å². The second-order valence-electron chi connectivity index (χ2n) is 11.5.